The molecule has 0 aliphatic rings. The van der Waals surface area contributed by atoms with Gasteiger partial charge in [0.15, 0.2) is 0 Å². The van der Waals surface area contributed by atoms with Crippen molar-refractivity contribution in [1.29, 1.82) is 0 Å². The van der Waals surface area contributed by atoms with Crippen LogP contribution in [-0.4, -0.2) is 19.0 Å². The normalized spacial score (nSPS) is 11.1. The highest BCUT2D eigenvalue weighted by Gasteiger charge is 2.44. The van der Waals surface area contributed by atoms with E-state index in [9.17, 15) is 22.4 Å². The van der Waals surface area contributed by atoms with Gasteiger partial charge in [-0.1, -0.05) is 6.07 Å². The summed E-state index contributed by atoms with van der Waals surface area (Å²) >= 11 is 0. The van der Waals surface area contributed by atoms with Crippen molar-refractivity contribution in [2.24, 2.45) is 0 Å². The first-order chi connectivity index (χ1) is 10.3. The SMILES string of the molecule is COc1cccc(OC(F)(F)C(=O)c2ccc(F)cc2F)c1. The molecule has 0 saturated heterocycles. The summed E-state index contributed by atoms with van der Waals surface area (Å²) in [5, 5.41) is 0. The molecule has 2 aromatic carbocycles. The number of ketones is 1. The molecular weight excluding hydrogens is 304 g/mol. The van der Waals surface area contributed by atoms with Crippen molar-refractivity contribution in [2.45, 2.75) is 6.11 Å². The molecule has 22 heavy (non-hydrogen) atoms. The van der Waals surface area contributed by atoms with E-state index < -0.39 is 29.1 Å². The molecule has 0 fully saturated rings. The van der Waals surface area contributed by atoms with Crippen molar-refractivity contribution < 1.29 is 31.8 Å². The molecule has 0 spiro atoms. The van der Waals surface area contributed by atoms with Crippen LogP contribution in [0.4, 0.5) is 17.6 Å². The smallest absolute Gasteiger partial charge is 0.466 e. The van der Waals surface area contributed by atoms with Crippen LogP contribution in [-0.2, 0) is 0 Å². The molecule has 0 N–H and O–H groups in total. The van der Waals surface area contributed by atoms with Gasteiger partial charge in [-0.05, 0) is 24.3 Å². The first-order valence-electron chi connectivity index (χ1n) is 6.04. The molecule has 0 unspecified atom stereocenters. The van der Waals surface area contributed by atoms with Crippen molar-refractivity contribution in [1.82, 2.24) is 0 Å². The van der Waals surface area contributed by atoms with Crippen LogP contribution in [0.2, 0.25) is 0 Å². The molecular formula is C15H10F4O3. The zero-order valence-electron chi connectivity index (χ0n) is 11.3. The highest BCUT2D eigenvalue weighted by molar-refractivity contribution is 6.00. The highest BCUT2D eigenvalue weighted by atomic mass is 19.3. The third-order valence-corrected chi connectivity index (χ3v) is 2.73. The monoisotopic (exact) mass is 314 g/mol. The minimum absolute atomic E-state index is 0.244. The Morgan fingerprint density at radius 2 is 1.73 bits per heavy atom. The summed E-state index contributed by atoms with van der Waals surface area (Å²) in [7, 11) is 1.33. The molecule has 0 aromatic heterocycles. The Hall–Kier alpha value is -2.57. The lowest BCUT2D eigenvalue weighted by Crippen LogP contribution is -2.35. The van der Waals surface area contributed by atoms with Gasteiger partial charge in [-0.2, -0.15) is 8.78 Å². The zero-order chi connectivity index (χ0) is 16.3. The number of halogens is 4. The summed E-state index contributed by atoms with van der Waals surface area (Å²) in [6.45, 7) is 0. The van der Waals surface area contributed by atoms with E-state index in [4.69, 9.17) is 4.74 Å². The Kier molecular flexibility index (Phi) is 4.35. The fraction of sp³-hybridized carbons (Fsp3) is 0.133. The number of carbonyl (C=O) groups excluding carboxylic acids is 1. The van der Waals surface area contributed by atoms with Crippen molar-refractivity contribution in [3.8, 4) is 11.5 Å². The average Bonchev–Trinajstić information content (AvgIpc) is 2.46. The predicted molar refractivity (Wildman–Crippen MR) is 69.3 cm³/mol. The summed E-state index contributed by atoms with van der Waals surface area (Å²) in [6, 6.07) is 6.88. The fourth-order valence-electron chi connectivity index (χ4n) is 1.69. The van der Waals surface area contributed by atoms with Gasteiger partial charge in [-0.25, -0.2) is 8.78 Å². The van der Waals surface area contributed by atoms with Crippen LogP contribution in [0.15, 0.2) is 42.5 Å². The van der Waals surface area contributed by atoms with Gasteiger partial charge in [0, 0.05) is 12.1 Å². The van der Waals surface area contributed by atoms with Crippen LogP contribution in [0.25, 0.3) is 0 Å². The van der Waals surface area contributed by atoms with Crippen molar-refractivity contribution in [2.75, 3.05) is 7.11 Å². The van der Waals surface area contributed by atoms with Gasteiger partial charge >= 0.3 is 6.11 Å². The molecule has 0 saturated carbocycles. The molecule has 0 heterocycles. The lowest BCUT2D eigenvalue weighted by molar-refractivity contribution is -0.134. The predicted octanol–water partition coefficient (Wildman–Crippen LogP) is 3.83. The van der Waals surface area contributed by atoms with Gasteiger partial charge < -0.3 is 9.47 Å². The topological polar surface area (TPSA) is 35.5 Å². The van der Waals surface area contributed by atoms with Crippen LogP contribution in [0.5, 0.6) is 11.5 Å². The molecule has 116 valence electrons. The van der Waals surface area contributed by atoms with E-state index in [1.807, 2.05) is 0 Å². The largest absolute Gasteiger partial charge is 0.497 e. The summed E-state index contributed by atoms with van der Waals surface area (Å²) in [5.41, 5.74) is -0.964. The summed E-state index contributed by atoms with van der Waals surface area (Å²) in [4.78, 5) is 11.7. The van der Waals surface area contributed by atoms with E-state index in [0.717, 1.165) is 6.07 Å². The van der Waals surface area contributed by atoms with Gasteiger partial charge in [0.25, 0.3) is 5.78 Å². The summed E-state index contributed by atoms with van der Waals surface area (Å²) in [6.07, 6.45) is -4.31. The minimum Gasteiger partial charge on any atom is -0.497 e. The third-order valence-electron chi connectivity index (χ3n) is 2.73. The van der Waals surface area contributed by atoms with E-state index in [0.29, 0.717) is 18.2 Å². The number of Topliss-reactive ketones (excluding diaryl/α,β-unsaturated/α-hetero) is 1. The Labute approximate surface area is 123 Å². The Bertz CT molecular complexity index is 701. The number of rotatable bonds is 5. The second-order valence-electron chi connectivity index (χ2n) is 4.25. The average molecular weight is 314 g/mol. The van der Waals surface area contributed by atoms with Gasteiger partial charge in [0.2, 0.25) is 0 Å². The fourth-order valence-corrected chi connectivity index (χ4v) is 1.69. The Morgan fingerprint density at radius 1 is 1.05 bits per heavy atom. The zero-order valence-corrected chi connectivity index (χ0v) is 11.3. The van der Waals surface area contributed by atoms with E-state index in [1.54, 1.807) is 0 Å². The molecule has 3 nitrogen and oxygen atoms in total. The van der Waals surface area contributed by atoms with Crippen molar-refractivity contribution in [3.63, 3.8) is 0 Å². The molecule has 0 radical (unpaired) electrons. The van der Waals surface area contributed by atoms with Crippen molar-refractivity contribution in [3.05, 3.63) is 59.7 Å². The third kappa shape index (κ3) is 3.36. The number of ether oxygens (including phenoxy) is 2. The number of alkyl halides is 2. The molecule has 2 aromatic rings. The lowest BCUT2D eigenvalue weighted by atomic mass is 10.1. The van der Waals surface area contributed by atoms with E-state index in [-0.39, 0.29) is 11.5 Å². The van der Waals surface area contributed by atoms with Gasteiger partial charge in [-0.3, -0.25) is 4.79 Å². The van der Waals surface area contributed by atoms with Gasteiger partial charge in [-0.15, -0.1) is 0 Å². The van der Waals surface area contributed by atoms with Crippen LogP contribution < -0.4 is 9.47 Å². The molecule has 0 atom stereocenters. The van der Waals surface area contributed by atoms with Crippen LogP contribution >= 0.6 is 0 Å². The van der Waals surface area contributed by atoms with E-state index >= 15 is 0 Å². The van der Waals surface area contributed by atoms with Gasteiger partial charge in [0.1, 0.15) is 23.1 Å². The maximum Gasteiger partial charge on any atom is 0.466 e. The summed E-state index contributed by atoms with van der Waals surface area (Å²) < 4.78 is 63.0. The second kappa shape index (κ2) is 6.05. The first-order valence-corrected chi connectivity index (χ1v) is 6.04. The van der Waals surface area contributed by atoms with Crippen LogP contribution in [0.3, 0.4) is 0 Å². The minimum atomic E-state index is -4.31. The maximum atomic E-state index is 13.8. The van der Waals surface area contributed by atoms with E-state index in [2.05, 4.69) is 4.74 Å². The maximum absolute atomic E-state index is 13.8. The number of benzene rings is 2. The number of methoxy groups -OCH3 is 1. The molecule has 2 rings (SSSR count). The molecule has 0 aliphatic carbocycles. The highest BCUT2D eigenvalue weighted by Crippen LogP contribution is 2.28. The Morgan fingerprint density at radius 3 is 2.36 bits per heavy atom. The first kappa shape index (κ1) is 15.8. The van der Waals surface area contributed by atoms with Crippen molar-refractivity contribution >= 4 is 5.78 Å². The summed E-state index contributed by atoms with van der Waals surface area (Å²) in [5.74, 6) is -4.37. The lowest BCUT2D eigenvalue weighted by Gasteiger charge is -2.17. The molecule has 0 aliphatic heterocycles. The number of carbonyl (C=O) groups is 1. The number of hydrogen-bond donors (Lipinski definition) is 0. The molecule has 7 heteroatoms. The second-order valence-corrected chi connectivity index (χ2v) is 4.25. The number of hydrogen-bond acceptors (Lipinski definition) is 3. The Balaban J connectivity index is 2.26. The van der Waals surface area contributed by atoms with Gasteiger partial charge in [0.05, 0.1) is 12.7 Å². The molecule has 0 amide bonds. The van der Waals surface area contributed by atoms with E-state index in [1.165, 1.54) is 25.3 Å². The van der Waals surface area contributed by atoms with Crippen LogP contribution in [0, 0.1) is 11.6 Å². The quantitative estimate of drug-likeness (QED) is 0.621. The molecule has 0 bridgehead atoms. The van der Waals surface area contributed by atoms with Crippen LogP contribution in [0.1, 0.15) is 10.4 Å². The standard InChI is InChI=1S/C15H10F4O3/c1-21-10-3-2-4-11(8-10)22-15(18,19)14(20)12-6-5-9(16)7-13(12)17/h2-8H,1H3.